The van der Waals surface area contributed by atoms with Gasteiger partial charge >= 0.3 is 0 Å². The molecule has 1 unspecified atom stereocenters. The Labute approximate surface area is 128 Å². The first-order chi connectivity index (χ1) is 9.95. The molecule has 0 saturated heterocycles. The molecule has 0 saturated carbocycles. The average molecular weight is 295 g/mol. The number of rotatable bonds is 9. The quantitative estimate of drug-likeness (QED) is 0.610. The molecule has 0 aliphatic heterocycles. The molecule has 0 fully saturated rings. The summed E-state index contributed by atoms with van der Waals surface area (Å²) in [6, 6.07) is 8.20. The van der Waals surface area contributed by atoms with E-state index in [0.29, 0.717) is 19.6 Å². The fourth-order valence-corrected chi connectivity index (χ4v) is 2.05. The van der Waals surface area contributed by atoms with E-state index in [4.69, 9.17) is 9.84 Å². The van der Waals surface area contributed by atoms with Crippen molar-refractivity contribution >= 4 is 0 Å². The van der Waals surface area contributed by atoms with Crippen molar-refractivity contribution in [3.63, 3.8) is 0 Å². The van der Waals surface area contributed by atoms with E-state index in [9.17, 15) is 5.11 Å². The van der Waals surface area contributed by atoms with Gasteiger partial charge in [-0.25, -0.2) is 0 Å². The summed E-state index contributed by atoms with van der Waals surface area (Å²) in [5.74, 6) is 0. The third kappa shape index (κ3) is 7.05. The molecule has 0 heterocycles. The lowest BCUT2D eigenvalue weighted by atomic mass is 9.86. The number of aliphatic hydroxyl groups excluding tert-OH is 2. The molecular weight excluding hydrogens is 266 g/mol. The van der Waals surface area contributed by atoms with Crippen LogP contribution in [0.2, 0.25) is 0 Å². The number of aliphatic hydroxyl groups is 2. The molecule has 1 atom stereocenters. The van der Waals surface area contributed by atoms with E-state index in [0.717, 1.165) is 18.7 Å². The third-order valence-electron chi connectivity index (χ3n) is 3.41. The number of hydrogen-bond acceptors (Lipinski definition) is 4. The van der Waals surface area contributed by atoms with Crippen LogP contribution in [0.4, 0.5) is 0 Å². The second kappa shape index (κ2) is 9.15. The van der Waals surface area contributed by atoms with Gasteiger partial charge in [0.2, 0.25) is 0 Å². The van der Waals surface area contributed by atoms with Crippen LogP contribution >= 0.6 is 0 Å². The Hall–Kier alpha value is -0.940. The predicted molar refractivity (Wildman–Crippen MR) is 85.5 cm³/mol. The molecule has 0 radical (unpaired) electrons. The van der Waals surface area contributed by atoms with Crippen molar-refractivity contribution in [1.29, 1.82) is 0 Å². The minimum atomic E-state index is -0.440. The smallest absolute Gasteiger partial charge is 0.0802 e. The predicted octanol–water partition coefficient (Wildman–Crippen LogP) is 2.01. The van der Waals surface area contributed by atoms with Crippen molar-refractivity contribution in [2.75, 3.05) is 32.9 Å². The summed E-state index contributed by atoms with van der Waals surface area (Å²) < 4.78 is 5.14. The van der Waals surface area contributed by atoms with Gasteiger partial charge in [0.1, 0.15) is 0 Å². The molecule has 3 N–H and O–H groups in total. The first kappa shape index (κ1) is 18.1. The highest BCUT2D eigenvalue weighted by Crippen LogP contribution is 2.24. The Morgan fingerprint density at radius 1 is 1.10 bits per heavy atom. The van der Waals surface area contributed by atoms with Crippen LogP contribution in [-0.2, 0) is 10.2 Å². The lowest BCUT2D eigenvalue weighted by Gasteiger charge is -2.20. The highest BCUT2D eigenvalue weighted by molar-refractivity contribution is 5.28. The summed E-state index contributed by atoms with van der Waals surface area (Å²) in [5.41, 5.74) is 2.37. The van der Waals surface area contributed by atoms with Gasteiger partial charge in [-0.1, -0.05) is 45.0 Å². The van der Waals surface area contributed by atoms with Crippen LogP contribution in [0.3, 0.4) is 0 Å². The van der Waals surface area contributed by atoms with E-state index in [-0.39, 0.29) is 12.0 Å². The first-order valence-corrected chi connectivity index (χ1v) is 7.63. The van der Waals surface area contributed by atoms with Gasteiger partial charge in [0.05, 0.1) is 25.9 Å². The Bertz CT molecular complexity index is 384. The Kier molecular flexibility index (Phi) is 7.89. The van der Waals surface area contributed by atoms with Crippen molar-refractivity contribution in [1.82, 2.24) is 5.32 Å². The molecule has 1 aromatic rings. The maximum atomic E-state index is 10.2. The lowest BCUT2D eigenvalue weighted by Crippen LogP contribution is -2.23. The van der Waals surface area contributed by atoms with Crippen LogP contribution in [0.15, 0.2) is 24.3 Å². The largest absolute Gasteiger partial charge is 0.394 e. The van der Waals surface area contributed by atoms with Crippen molar-refractivity contribution in [3.05, 3.63) is 35.4 Å². The maximum Gasteiger partial charge on any atom is 0.0802 e. The second-order valence-electron chi connectivity index (χ2n) is 6.26. The Balaban J connectivity index is 2.27. The summed E-state index contributed by atoms with van der Waals surface area (Å²) in [5, 5.41) is 21.9. The van der Waals surface area contributed by atoms with Gasteiger partial charge in [-0.2, -0.15) is 0 Å². The van der Waals surface area contributed by atoms with Crippen LogP contribution < -0.4 is 5.32 Å². The lowest BCUT2D eigenvalue weighted by molar-refractivity contribution is 0.0930. The summed E-state index contributed by atoms with van der Waals surface area (Å²) in [7, 11) is 0. The van der Waals surface area contributed by atoms with Crippen molar-refractivity contribution in [2.45, 2.75) is 38.7 Å². The highest BCUT2D eigenvalue weighted by Gasteiger charge is 2.14. The Morgan fingerprint density at radius 3 is 2.33 bits per heavy atom. The average Bonchev–Trinajstić information content (AvgIpc) is 2.45. The molecule has 4 heteroatoms. The molecule has 0 bridgehead atoms. The summed E-state index contributed by atoms with van der Waals surface area (Å²) in [6.45, 7) is 9.04. The van der Waals surface area contributed by atoms with Crippen LogP contribution in [-0.4, -0.2) is 43.1 Å². The van der Waals surface area contributed by atoms with E-state index in [2.05, 4.69) is 38.2 Å². The van der Waals surface area contributed by atoms with Crippen molar-refractivity contribution < 1.29 is 14.9 Å². The van der Waals surface area contributed by atoms with Gasteiger partial charge in [0.25, 0.3) is 0 Å². The normalized spacial score (nSPS) is 13.4. The third-order valence-corrected chi connectivity index (χ3v) is 3.41. The summed E-state index contributed by atoms with van der Waals surface area (Å²) >= 11 is 0. The van der Waals surface area contributed by atoms with E-state index >= 15 is 0 Å². The second-order valence-corrected chi connectivity index (χ2v) is 6.26. The van der Waals surface area contributed by atoms with Crippen molar-refractivity contribution in [2.24, 2.45) is 0 Å². The fourth-order valence-electron chi connectivity index (χ4n) is 2.05. The van der Waals surface area contributed by atoms with Crippen LogP contribution in [0, 0.1) is 0 Å². The molecule has 21 heavy (non-hydrogen) atoms. The molecule has 0 amide bonds. The minimum absolute atomic E-state index is 0.0588. The van der Waals surface area contributed by atoms with Gasteiger partial charge in [-0.3, -0.25) is 0 Å². The van der Waals surface area contributed by atoms with E-state index < -0.39 is 6.10 Å². The van der Waals surface area contributed by atoms with Crippen molar-refractivity contribution in [3.8, 4) is 0 Å². The van der Waals surface area contributed by atoms with Gasteiger partial charge < -0.3 is 20.3 Å². The van der Waals surface area contributed by atoms with Gasteiger partial charge in [0.15, 0.2) is 0 Å². The number of ether oxygens (including phenoxy) is 1. The number of hydrogen-bond donors (Lipinski definition) is 3. The molecule has 1 aromatic carbocycles. The monoisotopic (exact) mass is 295 g/mol. The van der Waals surface area contributed by atoms with Gasteiger partial charge in [-0.05, 0) is 29.5 Å². The van der Waals surface area contributed by atoms with E-state index in [1.165, 1.54) is 5.56 Å². The molecule has 0 aliphatic rings. The molecule has 4 nitrogen and oxygen atoms in total. The zero-order valence-corrected chi connectivity index (χ0v) is 13.4. The van der Waals surface area contributed by atoms with Gasteiger partial charge in [-0.15, -0.1) is 0 Å². The summed E-state index contributed by atoms with van der Waals surface area (Å²) in [4.78, 5) is 0. The standard InChI is InChI=1S/C17H29NO3/c1-17(2,3)15-6-4-14(5-7-15)16(20)8-9-18-10-12-21-13-11-19/h4-7,16,18-20H,8-13H2,1-3H3. The topological polar surface area (TPSA) is 61.7 Å². The number of nitrogens with one attached hydrogen (secondary N) is 1. The highest BCUT2D eigenvalue weighted by atomic mass is 16.5. The SMILES string of the molecule is CC(C)(C)c1ccc(C(O)CCNCCOCCO)cc1. The maximum absolute atomic E-state index is 10.2. The minimum Gasteiger partial charge on any atom is -0.394 e. The molecular formula is C17H29NO3. The van der Waals surface area contributed by atoms with Crippen LogP contribution in [0.1, 0.15) is 44.4 Å². The molecule has 0 spiro atoms. The summed E-state index contributed by atoms with van der Waals surface area (Å²) in [6.07, 6.45) is 0.236. The van der Waals surface area contributed by atoms with E-state index in [1.807, 2.05) is 12.1 Å². The molecule has 0 aliphatic carbocycles. The van der Waals surface area contributed by atoms with Crippen LogP contribution in [0.5, 0.6) is 0 Å². The molecule has 120 valence electrons. The first-order valence-electron chi connectivity index (χ1n) is 7.63. The zero-order valence-electron chi connectivity index (χ0n) is 13.4. The molecule has 0 aromatic heterocycles. The zero-order chi connectivity index (χ0) is 15.7. The van der Waals surface area contributed by atoms with Crippen LogP contribution in [0.25, 0.3) is 0 Å². The fraction of sp³-hybridized carbons (Fsp3) is 0.647. The number of benzene rings is 1. The molecule has 1 rings (SSSR count). The Morgan fingerprint density at radius 2 is 1.76 bits per heavy atom. The van der Waals surface area contributed by atoms with Gasteiger partial charge in [0, 0.05) is 6.54 Å². The van der Waals surface area contributed by atoms with E-state index in [1.54, 1.807) is 0 Å².